The second kappa shape index (κ2) is 8.95. The van der Waals surface area contributed by atoms with Crippen LogP contribution in [0.5, 0.6) is 11.5 Å². The predicted octanol–water partition coefficient (Wildman–Crippen LogP) is 3.77. The van der Waals surface area contributed by atoms with Crippen molar-refractivity contribution < 1.29 is 29.0 Å². The Morgan fingerprint density at radius 1 is 1.18 bits per heavy atom. The molecule has 1 aromatic heterocycles. The summed E-state index contributed by atoms with van der Waals surface area (Å²) < 4.78 is 10.8. The van der Waals surface area contributed by atoms with Gasteiger partial charge in [0.2, 0.25) is 5.91 Å². The maximum Gasteiger partial charge on any atom is 0.346 e. The molecule has 1 aliphatic heterocycles. The van der Waals surface area contributed by atoms with Crippen LogP contribution in [0.15, 0.2) is 42.5 Å². The molecule has 1 unspecified atom stereocenters. The molecule has 4 N–H and O–H groups in total. The van der Waals surface area contributed by atoms with Crippen LogP contribution in [-0.2, 0) is 9.59 Å². The number of carbonyl (C=O) groups is 3. The molecule has 2 aromatic carbocycles. The molecule has 4 rings (SSSR count). The molecule has 0 radical (unpaired) electrons. The Morgan fingerprint density at radius 2 is 1.91 bits per heavy atom. The van der Waals surface area contributed by atoms with Crippen molar-refractivity contribution in [2.24, 2.45) is 5.73 Å². The van der Waals surface area contributed by atoms with Gasteiger partial charge in [0.25, 0.3) is 5.91 Å². The normalized spacial score (nSPS) is 14.8. The van der Waals surface area contributed by atoms with Gasteiger partial charge in [0, 0.05) is 22.8 Å². The van der Waals surface area contributed by atoms with Crippen molar-refractivity contribution in [2.75, 3.05) is 19.0 Å². The summed E-state index contributed by atoms with van der Waals surface area (Å²) >= 11 is 1.16. The molecule has 2 amide bonds. The number of benzene rings is 2. The standard InChI is InChI=1S/C24H22N2O6S/c1-12-3-5-13(6-4-12)20-21-22(33-23(20)24(29)30)15(10-19(28)26-21)14-7-8-16(17(9-14)31-2)32-11-18(25)27/h3-9,15H,10-11H2,1-2H3,(H2,25,27)(H,26,28)(H,29,30). The van der Waals surface area contributed by atoms with E-state index in [1.54, 1.807) is 18.2 Å². The van der Waals surface area contributed by atoms with Gasteiger partial charge in [0.05, 0.1) is 12.8 Å². The third-order valence-corrected chi connectivity index (χ3v) is 6.69. The van der Waals surface area contributed by atoms with Gasteiger partial charge in [0.1, 0.15) is 4.88 Å². The number of primary amides is 1. The molecule has 0 aliphatic carbocycles. The summed E-state index contributed by atoms with van der Waals surface area (Å²) in [5, 5.41) is 12.8. The lowest BCUT2D eigenvalue weighted by atomic mass is 9.88. The molecule has 0 fully saturated rings. The molecule has 1 aliphatic rings. The van der Waals surface area contributed by atoms with Crippen LogP contribution in [0.1, 0.15) is 38.0 Å². The van der Waals surface area contributed by atoms with Crippen LogP contribution in [0, 0.1) is 6.92 Å². The highest BCUT2D eigenvalue weighted by atomic mass is 32.1. The molecule has 8 nitrogen and oxygen atoms in total. The first kappa shape index (κ1) is 22.3. The van der Waals surface area contributed by atoms with Gasteiger partial charge in [-0.05, 0) is 30.2 Å². The molecular formula is C24H22N2O6S. The summed E-state index contributed by atoms with van der Waals surface area (Å²) in [6.45, 7) is 1.66. The minimum atomic E-state index is -1.05. The first-order chi connectivity index (χ1) is 15.8. The van der Waals surface area contributed by atoms with Crippen molar-refractivity contribution in [1.29, 1.82) is 0 Å². The van der Waals surface area contributed by atoms with Crippen LogP contribution in [-0.4, -0.2) is 36.6 Å². The van der Waals surface area contributed by atoms with E-state index < -0.39 is 11.9 Å². The summed E-state index contributed by atoms with van der Waals surface area (Å²) in [6.07, 6.45) is 0.157. The van der Waals surface area contributed by atoms with Gasteiger partial charge in [-0.3, -0.25) is 9.59 Å². The minimum Gasteiger partial charge on any atom is -0.493 e. The fraction of sp³-hybridized carbons (Fsp3) is 0.208. The number of thiophene rings is 1. The van der Waals surface area contributed by atoms with E-state index in [9.17, 15) is 19.5 Å². The van der Waals surface area contributed by atoms with Crippen LogP contribution >= 0.6 is 11.3 Å². The van der Waals surface area contributed by atoms with E-state index in [1.165, 1.54) is 7.11 Å². The van der Waals surface area contributed by atoms with E-state index in [0.717, 1.165) is 32.9 Å². The summed E-state index contributed by atoms with van der Waals surface area (Å²) in [5.74, 6) is -1.50. The molecule has 2 heterocycles. The summed E-state index contributed by atoms with van der Waals surface area (Å²) in [7, 11) is 1.47. The number of carbonyl (C=O) groups excluding carboxylic acids is 2. The number of aromatic carboxylic acids is 1. The molecule has 33 heavy (non-hydrogen) atoms. The fourth-order valence-corrected chi connectivity index (χ4v) is 5.12. The molecule has 0 bridgehead atoms. The molecular weight excluding hydrogens is 444 g/mol. The zero-order valence-corrected chi connectivity index (χ0v) is 18.8. The Kier molecular flexibility index (Phi) is 6.06. The number of nitrogens with one attached hydrogen (secondary N) is 1. The fourth-order valence-electron chi connectivity index (χ4n) is 3.87. The molecule has 0 saturated heterocycles. The van der Waals surface area contributed by atoms with Gasteiger partial charge in [0.15, 0.2) is 18.1 Å². The number of rotatable bonds is 7. The van der Waals surface area contributed by atoms with Crippen molar-refractivity contribution in [2.45, 2.75) is 19.3 Å². The van der Waals surface area contributed by atoms with E-state index in [4.69, 9.17) is 15.2 Å². The molecule has 1 atom stereocenters. The first-order valence-electron chi connectivity index (χ1n) is 10.1. The highest BCUT2D eigenvalue weighted by Gasteiger charge is 2.34. The number of ether oxygens (including phenoxy) is 2. The first-order valence-corrected chi connectivity index (χ1v) is 11.0. The number of carboxylic acids is 1. The number of aryl methyl sites for hydroxylation is 1. The zero-order valence-electron chi connectivity index (χ0n) is 18.0. The number of methoxy groups -OCH3 is 1. The van der Waals surface area contributed by atoms with E-state index in [1.807, 2.05) is 31.2 Å². The Balaban J connectivity index is 1.82. The SMILES string of the molecule is COc1cc(C2CC(=O)Nc3c2sc(C(=O)O)c3-c2ccc(C)cc2)ccc1OCC(N)=O. The van der Waals surface area contributed by atoms with Gasteiger partial charge in [-0.25, -0.2) is 4.79 Å². The topological polar surface area (TPSA) is 128 Å². The molecule has 0 spiro atoms. The third-order valence-electron chi connectivity index (χ3n) is 5.40. The average Bonchev–Trinajstić information content (AvgIpc) is 3.17. The molecule has 9 heteroatoms. The summed E-state index contributed by atoms with van der Waals surface area (Å²) in [5.41, 5.74) is 8.72. The largest absolute Gasteiger partial charge is 0.493 e. The average molecular weight is 467 g/mol. The summed E-state index contributed by atoms with van der Waals surface area (Å²) in [4.78, 5) is 36.7. The maximum absolute atomic E-state index is 12.7. The third kappa shape index (κ3) is 4.40. The lowest BCUT2D eigenvalue weighted by Crippen LogP contribution is -2.22. The van der Waals surface area contributed by atoms with E-state index in [0.29, 0.717) is 22.7 Å². The number of fused-ring (bicyclic) bond motifs is 1. The highest BCUT2D eigenvalue weighted by molar-refractivity contribution is 7.15. The van der Waals surface area contributed by atoms with Crippen molar-refractivity contribution in [3.05, 3.63) is 63.3 Å². The summed E-state index contributed by atoms with van der Waals surface area (Å²) in [6, 6.07) is 12.7. The zero-order chi connectivity index (χ0) is 23.7. The van der Waals surface area contributed by atoms with Crippen molar-refractivity contribution in [1.82, 2.24) is 0 Å². The number of amides is 2. The van der Waals surface area contributed by atoms with Gasteiger partial charge in [-0.2, -0.15) is 0 Å². The quantitative estimate of drug-likeness (QED) is 0.486. The number of anilines is 1. The number of hydrogen-bond donors (Lipinski definition) is 3. The van der Waals surface area contributed by atoms with Crippen LogP contribution in [0.3, 0.4) is 0 Å². The Morgan fingerprint density at radius 3 is 2.55 bits per heavy atom. The monoisotopic (exact) mass is 466 g/mol. The van der Waals surface area contributed by atoms with Crippen LogP contribution in [0.2, 0.25) is 0 Å². The lowest BCUT2D eigenvalue weighted by molar-refractivity contribution is -0.120. The Labute approximate surface area is 193 Å². The van der Waals surface area contributed by atoms with Gasteiger partial charge >= 0.3 is 5.97 Å². The second-order valence-corrected chi connectivity index (χ2v) is 8.74. The van der Waals surface area contributed by atoms with Crippen LogP contribution in [0.25, 0.3) is 11.1 Å². The molecule has 0 saturated carbocycles. The number of carboxylic acid groups (broad SMARTS) is 1. The van der Waals surface area contributed by atoms with Crippen LogP contribution < -0.4 is 20.5 Å². The minimum absolute atomic E-state index is 0.157. The Hall–Kier alpha value is -3.85. The maximum atomic E-state index is 12.7. The van der Waals surface area contributed by atoms with Crippen molar-refractivity contribution >= 4 is 34.8 Å². The van der Waals surface area contributed by atoms with E-state index >= 15 is 0 Å². The van der Waals surface area contributed by atoms with Crippen molar-refractivity contribution in [3.63, 3.8) is 0 Å². The van der Waals surface area contributed by atoms with Gasteiger partial charge in [-0.1, -0.05) is 35.9 Å². The number of nitrogens with two attached hydrogens (primary N) is 1. The van der Waals surface area contributed by atoms with E-state index in [2.05, 4.69) is 5.32 Å². The number of hydrogen-bond acceptors (Lipinski definition) is 6. The lowest BCUT2D eigenvalue weighted by Gasteiger charge is -2.24. The van der Waals surface area contributed by atoms with Crippen LogP contribution in [0.4, 0.5) is 5.69 Å². The second-order valence-electron chi connectivity index (χ2n) is 7.69. The molecule has 170 valence electrons. The smallest absolute Gasteiger partial charge is 0.346 e. The van der Waals surface area contributed by atoms with E-state index in [-0.39, 0.29) is 29.7 Å². The predicted molar refractivity (Wildman–Crippen MR) is 124 cm³/mol. The van der Waals surface area contributed by atoms with Crippen molar-refractivity contribution in [3.8, 4) is 22.6 Å². The highest BCUT2D eigenvalue weighted by Crippen LogP contribution is 2.50. The Bertz CT molecular complexity index is 1250. The van der Waals surface area contributed by atoms with Gasteiger partial charge in [-0.15, -0.1) is 11.3 Å². The van der Waals surface area contributed by atoms with Gasteiger partial charge < -0.3 is 25.6 Å². The molecule has 3 aromatic rings.